The molecule has 1 unspecified atom stereocenters. The zero-order valence-electron chi connectivity index (χ0n) is 41.0. The van der Waals surface area contributed by atoms with Crippen LogP contribution in [0.3, 0.4) is 0 Å². The second-order valence-electron chi connectivity index (χ2n) is 18.6. The standard InChI is InChI=1S/C51H66N8O13/c1-6-10-41(63)53-35(21-23-40(52)62)45(65)57-44-29(4)72-51(71)43(28(2)3)56-47(67)38(26-32-15-19-34(61)20-16-32)58(5)50(70)39(27-30-11-8-7-9-12-30)59-42(64)24-22-36(49(59)69)54-46(66)37(55-48(44)68)25-31-13-17-33(60)18-14-31/h7-9,11-20,28-29,35-39,42-44,60-61,64H,6,10,21-27H2,1-5H3,(H2,52,62)(H,53,63)(H,54,66)(H,55,68)(H,56,67)(H,57,65)/t29-,35+,36+,37+,38+,39+,42-,43?,44+/m1/s1. The Morgan fingerprint density at radius 1 is 0.750 bits per heavy atom. The Kier molecular flexibility index (Phi) is 19.6. The van der Waals surface area contributed by atoms with Gasteiger partial charge in [-0.1, -0.05) is 75.4 Å². The normalized spacial score (nSPS) is 24.1. The summed E-state index contributed by atoms with van der Waals surface area (Å²) in [4.78, 5) is 129. The lowest BCUT2D eigenvalue weighted by atomic mass is 9.95. The Balaban J connectivity index is 1.65. The fourth-order valence-corrected chi connectivity index (χ4v) is 8.57. The molecule has 8 amide bonds. The first kappa shape index (κ1) is 55.4. The van der Waals surface area contributed by atoms with Crippen molar-refractivity contribution in [1.29, 1.82) is 0 Å². The van der Waals surface area contributed by atoms with Crippen molar-refractivity contribution in [2.75, 3.05) is 7.05 Å². The van der Waals surface area contributed by atoms with Crippen LogP contribution >= 0.6 is 0 Å². The van der Waals surface area contributed by atoms with Crippen LogP contribution in [0.4, 0.5) is 0 Å². The Labute approximate surface area is 417 Å². The largest absolute Gasteiger partial charge is 0.508 e. The van der Waals surface area contributed by atoms with E-state index in [-0.39, 0.29) is 62.9 Å². The Morgan fingerprint density at radius 3 is 1.92 bits per heavy atom. The summed E-state index contributed by atoms with van der Waals surface area (Å²) in [6.07, 6.45) is -4.07. The van der Waals surface area contributed by atoms with Gasteiger partial charge < -0.3 is 62.2 Å². The third kappa shape index (κ3) is 15.0. The summed E-state index contributed by atoms with van der Waals surface area (Å²) >= 11 is 0. The van der Waals surface area contributed by atoms with Crippen LogP contribution < -0.4 is 32.3 Å². The number of ether oxygens (including phenoxy) is 1. The predicted molar refractivity (Wildman–Crippen MR) is 260 cm³/mol. The second kappa shape index (κ2) is 25.5. The number of likely N-dealkylation sites (N-methyl/N-ethyl adjacent to an activating group) is 1. The zero-order valence-corrected chi connectivity index (χ0v) is 41.0. The van der Waals surface area contributed by atoms with Gasteiger partial charge in [0.05, 0.1) is 0 Å². The van der Waals surface area contributed by atoms with Crippen LogP contribution in [0, 0.1) is 5.92 Å². The Morgan fingerprint density at radius 2 is 1.33 bits per heavy atom. The van der Waals surface area contributed by atoms with Gasteiger partial charge in [0.2, 0.25) is 47.3 Å². The monoisotopic (exact) mass is 998 g/mol. The number of fused-ring (bicyclic) bond motifs is 2. The van der Waals surface area contributed by atoms with Crippen molar-refractivity contribution in [3.63, 3.8) is 0 Å². The van der Waals surface area contributed by atoms with Gasteiger partial charge in [-0.25, -0.2) is 4.79 Å². The van der Waals surface area contributed by atoms with Crippen molar-refractivity contribution in [3.05, 3.63) is 95.6 Å². The summed E-state index contributed by atoms with van der Waals surface area (Å²) in [5.41, 5.74) is 6.90. The van der Waals surface area contributed by atoms with E-state index in [1.807, 2.05) is 0 Å². The van der Waals surface area contributed by atoms with Crippen LogP contribution in [0.25, 0.3) is 0 Å². The Bertz CT molecular complexity index is 2420. The summed E-state index contributed by atoms with van der Waals surface area (Å²) in [5, 5.41) is 44.8. The van der Waals surface area contributed by atoms with E-state index in [1.165, 1.54) is 50.4 Å². The first-order chi connectivity index (χ1) is 34.2. The SMILES string of the molecule is CCCC(=O)N[C@@H](CCC(N)=O)C(=O)N[C@@H]1C(=O)N[C@@H](Cc2ccc(O)cc2)C(=O)N[C@H]2CC[C@@H](O)N(C2=O)[C@@H](Cc2ccccc2)C(=O)N(C)[C@@H](Cc2ccc(O)cc2)C(=O)NC(C(C)C)C(=O)O[C@@H]1C. The number of aromatic hydroxyl groups is 2. The molecule has 72 heavy (non-hydrogen) atoms. The molecule has 10 N–H and O–H groups in total. The molecule has 21 nitrogen and oxygen atoms in total. The number of esters is 1. The molecule has 3 aromatic carbocycles. The van der Waals surface area contributed by atoms with Gasteiger partial charge in [-0.3, -0.25) is 38.4 Å². The summed E-state index contributed by atoms with van der Waals surface area (Å²) in [6, 6.07) is 9.75. The van der Waals surface area contributed by atoms with Crippen molar-refractivity contribution in [1.82, 2.24) is 36.4 Å². The number of hydrogen-bond donors (Lipinski definition) is 9. The van der Waals surface area contributed by atoms with E-state index in [9.17, 15) is 53.7 Å². The zero-order chi connectivity index (χ0) is 52.8. The van der Waals surface area contributed by atoms with Gasteiger partial charge in [-0.05, 0) is 79.5 Å². The molecule has 3 aromatic rings. The highest BCUT2D eigenvalue weighted by Crippen LogP contribution is 2.26. The first-order valence-corrected chi connectivity index (χ1v) is 24.0. The van der Waals surface area contributed by atoms with Gasteiger partial charge in [0.15, 0.2) is 0 Å². The maximum atomic E-state index is 15.1. The predicted octanol–water partition coefficient (Wildman–Crippen LogP) is 0.353. The number of primary amides is 1. The van der Waals surface area contributed by atoms with Crippen LogP contribution in [-0.4, -0.2) is 140 Å². The van der Waals surface area contributed by atoms with Gasteiger partial charge >= 0.3 is 5.97 Å². The summed E-state index contributed by atoms with van der Waals surface area (Å²) in [7, 11) is 1.35. The lowest BCUT2D eigenvalue weighted by molar-refractivity contribution is -0.165. The fourth-order valence-electron chi connectivity index (χ4n) is 8.57. The number of hydrogen-bond acceptors (Lipinski definition) is 13. The number of nitrogens with two attached hydrogens (primary N) is 1. The molecule has 2 heterocycles. The molecule has 0 spiro atoms. The van der Waals surface area contributed by atoms with Gasteiger partial charge in [0.1, 0.15) is 66.1 Å². The van der Waals surface area contributed by atoms with Crippen molar-refractivity contribution < 1.29 is 63.2 Å². The highest BCUT2D eigenvalue weighted by molar-refractivity contribution is 5.98. The van der Waals surface area contributed by atoms with E-state index in [1.54, 1.807) is 63.2 Å². The van der Waals surface area contributed by atoms with E-state index in [4.69, 9.17) is 10.5 Å². The number of phenolic OH excluding ortho intramolecular Hbond substituents is 2. The number of benzene rings is 3. The average Bonchev–Trinajstić information content (AvgIpc) is 3.33. The minimum atomic E-state index is -1.83. The van der Waals surface area contributed by atoms with Gasteiger partial charge in [0.25, 0.3) is 0 Å². The Hall–Kier alpha value is -7.55. The number of cyclic esters (lactones) is 1. The molecule has 21 heteroatoms. The molecule has 5 rings (SSSR count). The molecule has 0 aliphatic carbocycles. The van der Waals surface area contributed by atoms with Crippen LogP contribution in [-0.2, 0) is 67.2 Å². The number of carbonyl (C=O) groups excluding carboxylic acids is 9. The van der Waals surface area contributed by atoms with Gasteiger partial charge in [-0.2, -0.15) is 0 Å². The van der Waals surface area contributed by atoms with Gasteiger partial charge in [0, 0.05) is 39.2 Å². The molecular weight excluding hydrogens is 933 g/mol. The molecule has 2 aliphatic rings. The number of rotatable bonds is 15. The molecule has 2 bridgehead atoms. The number of amides is 8. The molecule has 2 aliphatic heterocycles. The molecule has 0 radical (unpaired) electrons. The number of carbonyl (C=O) groups is 9. The summed E-state index contributed by atoms with van der Waals surface area (Å²) in [6.45, 7) is 6.22. The third-order valence-electron chi connectivity index (χ3n) is 12.7. The van der Waals surface area contributed by atoms with E-state index in [0.29, 0.717) is 23.1 Å². The van der Waals surface area contributed by atoms with Crippen molar-refractivity contribution in [3.8, 4) is 11.5 Å². The van der Waals surface area contributed by atoms with E-state index >= 15 is 4.79 Å². The average molecular weight is 999 g/mol. The number of nitrogens with one attached hydrogen (secondary N) is 5. The quantitative estimate of drug-likeness (QED) is 0.0931. The summed E-state index contributed by atoms with van der Waals surface area (Å²) in [5.74, 6) is -8.67. The van der Waals surface area contributed by atoms with Crippen molar-refractivity contribution in [2.24, 2.45) is 11.7 Å². The van der Waals surface area contributed by atoms with Crippen molar-refractivity contribution >= 4 is 53.2 Å². The van der Waals surface area contributed by atoms with Crippen LogP contribution in [0.1, 0.15) is 82.9 Å². The lowest BCUT2D eigenvalue weighted by Crippen LogP contribution is -2.65. The van der Waals surface area contributed by atoms with Crippen LogP contribution in [0.15, 0.2) is 78.9 Å². The molecular formula is C51H66N8O13. The van der Waals surface area contributed by atoms with Crippen LogP contribution in [0.5, 0.6) is 11.5 Å². The van der Waals surface area contributed by atoms with Crippen LogP contribution in [0.2, 0.25) is 0 Å². The highest BCUT2D eigenvalue weighted by Gasteiger charge is 2.46. The number of nitrogens with zero attached hydrogens (tertiary/aromatic N) is 2. The van der Waals surface area contributed by atoms with Gasteiger partial charge in [-0.15, -0.1) is 0 Å². The van der Waals surface area contributed by atoms with E-state index in [0.717, 1.165) is 9.80 Å². The minimum absolute atomic E-state index is 0.0162. The molecule has 9 atom stereocenters. The topological polar surface area (TPSA) is 316 Å². The fraction of sp³-hybridized carbons (Fsp3) is 0.471. The molecule has 2 fully saturated rings. The molecule has 2 saturated heterocycles. The lowest BCUT2D eigenvalue weighted by Gasteiger charge is -2.43. The maximum Gasteiger partial charge on any atom is 0.329 e. The molecule has 388 valence electrons. The smallest absolute Gasteiger partial charge is 0.329 e. The van der Waals surface area contributed by atoms with E-state index in [2.05, 4.69) is 26.6 Å². The molecule has 0 saturated carbocycles. The highest BCUT2D eigenvalue weighted by atomic mass is 16.5. The number of phenols is 2. The maximum absolute atomic E-state index is 15.1. The van der Waals surface area contributed by atoms with E-state index < -0.39 is 114 Å². The number of aliphatic hydroxyl groups is 1. The molecule has 0 aromatic heterocycles. The summed E-state index contributed by atoms with van der Waals surface area (Å²) < 4.78 is 5.89. The number of piperidine rings is 1. The minimum Gasteiger partial charge on any atom is -0.508 e. The second-order valence-corrected chi connectivity index (χ2v) is 18.6. The first-order valence-electron chi connectivity index (χ1n) is 24.0. The number of aliphatic hydroxyl groups excluding tert-OH is 1. The van der Waals surface area contributed by atoms with Crippen molar-refractivity contribution in [2.45, 2.75) is 140 Å². The third-order valence-corrected chi connectivity index (χ3v) is 12.7.